The zero-order valence-corrected chi connectivity index (χ0v) is 25.4. The van der Waals surface area contributed by atoms with Crippen molar-refractivity contribution in [3.8, 4) is 17.2 Å². The average Bonchev–Trinajstić information content (AvgIpc) is 3.69. The number of ether oxygens (including phenoxy) is 3. The maximum absolute atomic E-state index is 13.6. The van der Waals surface area contributed by atoms with Gasteiger partial charge in [0.15, 0.2) is 11.5 Å². The lowest BCUT2D eigenvalue weighted by Gasteiger charge is -2.31. The van der Waals surface area contributed by atoms with E-state index in [0.29, 0.717) is 69.4 Å². The van der Waals surface area contributed by atoms with Crippen LogP contribution in [-0.2, 0) is 14.4 Å². The number of nitrogens with zero attached hydrogens (tertiary/aromatic N) is 3. The molecular weight excluding hydrogens is 540 g/mol. The second-order valence-corrected chi connectivity index (χ2v) is 11.7. The molecule has 3 aliphatic heterocycles. The summed E-state index contributed by atoms with van der Waals surface area (Å²) in [5.74, 6) is -0.378. The highest BCUT2D eigenvalue weighted by Crippen LogP contribution is 2.47. The van der Waals surface area contributed by atoms with E-state index in [-0.39, 0.29) is 31.1 Å². The summed E-state index contributed by atoms with van der Waals surface area (Å²) in [5.41, 5.74) is 6.52. The molecule has 0 aliphatic carbocycles. The lowest BCUT2D eigenvalue weighted by molar-refractivity contribution is -0.144. The molecule has 1 unspecified atom stereocenters. The number of rotatable bonds is 16. The molecule has 0 saturated carbocycles. The minimum atomic E-state index is -0.917. The van der Waals surface area contributed by atoms with Crippen molar-refractivity contribution in [3.05, 3.63) is 17.7 Å². The zero-order valence-electron chi connectivity index (χ0n) is 25.4. The van der Waals surface area contributed by atoms with Gasteiger partial charge in [0, 0.05) is 50.6 Å². The number of methoxy groups -OCH3 is 1. The van der Waals surface area contributed by atoms with Gasteiger partial charge in [-0.15, -0.1) is 0 Å². The van der Waals surface area contributed by atoms with Crippen molar-refractivity contribution in [2.75, 3.05) is 59.7 Å². The van der Waals surface area contributed by atoms with Gasteiger partial charge in [0.25, 0.3) is 0 Å². The number of carbonyl (C=O) groups is 3. The van der Waals surface area contributed by atoms with Crippen molar-refractivity contribution in [3.63, 3.8) is 0 Å². The van der Waals surface area contributed by atoms with Crippen LogP contribution in [0.15, 0.2) is 12.1 Å². The topological polar surface area (TPSA) is 135 Å². The van der Waals surface area contributed by atoms with Gasteiger partial charge in [-0.2, -0.15) is 0 Å². The molecular formula is C31H48N4O7. The van der Waals surface area contributed by atoms with Crippen LogP contribution in [0.4, 0.5) is 0 Å². The van der Waals surface area contributed by atoms with Crippen LogP contribution in [0.2, 0.25) is 0 Å². The highest BCUT2D eigenvalue weighted by atomic mass is 16.7. The van der Waals surface area contributed by atoms with Gasteiger partial charge < -0.3 is 34.9 Å². The van der Waals surface area contributed by atoms with Crippen molar-refractivity contribution in [2.45, 2.75) is 70.8 Å². The van der Waals surface area contributed by atoms with Crippen molar-refractivity contribution in [1.82, 2.24) is 14.7 Å². The number of nitrogens with two attached hydrogens (primary N) is 1. The molecule has 234 valence electrons. The van der Waals surface area contributed by atoms with Crippen molar-refractivity contribution < 1.29 is 33.7 Å². The third-order valence-corrected chi connectivity index (χ3v) is 8.99. The summed E-state index contributed by atoms with van der Waals surface area (Å²) in [7, 11) is 1.54. The molecule has 1 aromatic rings. The van der Waals surface area contributed by atoms with E-state index in [2.05, 4.69) is 13.8 Å². The van der Waals surface area contributed by atoms with E-state index in [1.807, 2.05) is 26.8 Å². The minimum Gasteiger partial charge on any atom is -0.493 e. The molecule has 11 heteroatoms. The second-order valence-electron chi connectivity index (χ2n) is 11.7. The predicted octanol–water partition coefficient (Wildman–Crippen LogP) is 2.91. The molecule has 4 atom stereocenters. The minimum absolute atomic E-state index is 0.0183. The fraction of sp³-hybridized carbons (Fsp3) is 0.710. The van der Waals surface area contributed by atoms with Crippen LogP contribution in [-0.4, -0.2) is 103 Å². The van der Waals surface area contributed by atoms with Crippen LogP contribution in [0.1, 0.15) is 70.3 Å². The first-order valence-corrected chi connectivity index (χ1v) is 15.5. The Morgan fingerprint density at radius 3 is 2.62 bits per heavy atom. The Labute approximate surface area is 249 Å². The molecule has 0 aromatic heterocycles. The summed E-state index contributed by atoms with van der Waals surface area (Å²) < 4.78 is 16.8. The van der Waals surface area contributed by atoms with E-state index in [4.69, 9.17) is 19.9 Å². The first-order chi connectivity index (χ1) is 20.3. The highest BCUT2D eigenvalue weighted by molar-refractivity contribution is 5.81. The molecule has 0 radical (unpaired) electrons. The molecule has 2 saturated heterocycles. The molecule has 3 aliphatic rings. The maximum atomic E-state index is 13.6. The molecule has 0 spiro atoms. The molecule has 1 aromatic carbocycles. The lowest BCUT2D eigenvalue weighted by atomic mass is 9.84. The molecule has 2 amide bonds. The number of fused-ring (bicyclic) bond motifs is 1. The average molecular weight is 589 g/mol. The van der Waals surface area contributed by atoms with Gasteiger partial charge in [-0.1, -0.05) is 26.7 Å². The number of amides is 2. The van der Waals surface area contributed by atoms with E-state index in [9.17, 15) is 19.5 Å². The number of carboxylic acid groups (broad SMARTS) is 1. The Balaban J connectivity index is 1.61. The first kappa shape index (κ1) is 31.9. The smallest absolute Gasteiger partial charge is 0.308 e. The lowest BCUT2D eigenvalue weighted by Crippen LogP contribution is -2.46. The van der Waals surface area contributed by atoms with Crippen LogP contribution in [0.3, 0.4) is 0 Å². The Morgan fingerprint density at radius 2 is 1.93 bits per heavy atom. The molecule has 0 bridgehead atoms. The van der Waals surface area contributed by atoms with E-state index < -0.39 is 23.8 Å². The highest BCUT2D eigenvalue weighted by Gasteiger charge is 2.48. The van der Waals surface area contributed by atoms with Crippen molar-refractivity contribution in [2.24, 2.45) is 17.6 Å². The fourth-order valence-electron chi connectivity index (χ4n) is 6.75. The zero-order chi connectivity index (χ0) is 30.2. The summed E-state index contributed by atoms with van der Waals surface area (Å²) in [6.07, 6.45) is 5.74. The quantitative estimate of drug-likeness (QED) is 0.299. The second kappa shape index (κ2) is 14.9. The number of likely N-dealkylation sites (tertiary alicyclic amines) is 2. The number of hydrogen-bond acceptors (Lipinski definition) is 8. The van der Waals surface area contributed by atoms with Gasteiger partial charge in [-0.25, -0.2) is 0 Å². The van der Waals surface area contributed by atoms with E-state index in [1.165, 1.54) is 0 Å². The number of benzene rings is 1. The summed E-state index contributed by atoms with van der Waals surface area (Å²) in [6.45, 7) is 7.67. The first-order valence-electron chi connectivity index (χ1n) is 15.5. The van der Waals surface area contributed by atoms with Gasteiger partial charge in [0.2, 0.25) is 24.4 Å². The molecule has 3 N–H and O–H groups in total. The number of carboxylic acids is 1. The van der Waals surface area contributed by atoms with Crippen LogP contribution in [0.5, 0.6) is 17.2 Å². The van der Waals surface area contributed by atoms with Gasteiger partial charge in [0.05, 0.1) is 19.6 Å². The normalized spacial score (nSPS) is 23.5. The number of aliphatic carboxylic acids is 1. The fourth-order valence-corrected chi connectivity index (χ4v) is 6.75. The van der Waals surface area contributed by atoms with Gasteiger partial charge in [-0.3, -0.25) is 19.3 Å². The van der Waals surface area contributed by atoms with Crippen LogP contribution in [0, 0.1) is 11.8 Å². The van der Waals surface area contributed by atoms with E-state index in [0.717, 1.165) is 37.7 Å². The summed E-state index contributed by atoms with van der Waals surface area (Å²) in [5, 5.41) is 10.6. The Bertz CT molecular complexity index is 1090. The van der Waals surface area contributed by atoms with Crippen molar-refractivity contribution >= 4 is 17.8 Å². The summed E-state index contributed by atoms with van der Waals surface area (Å²) in [6, 6.07) is 3.24. The van der Waals surface area contributed by atoms with E-state index >= 15 is 0 Å². The van der Waals surface area contributed by atoms with Crippen molar-refractivity contribution in [1.29, 1.82) is 0 Å². The van der Waals surface area contributed by atoms with Gasteiger partial charge >= 0.3 is 5.97 Å². The Morgan fingerprint density at radius 1 is 1.14 bits per heavy atom. The number of unbranched alkanes of at least 4 members (excludes halogenated alkanes) is 1. The predicted molar refractivity (Wildman–Crippen MR) is 158 cm³/mol. The summed E-state index contributed by atoms with van der Waals surface area (Å²) in [4.78, 5) is 45.3. The van der Waals surface area contributed by atoms with Crippen LogP contribution < -0.4 is 19.9 Å². The Hall–Kier alpha value is -3.05. The molecule has 3 heterocycles. The van der Waals surface area contributed by atoms with Crippen LogP contribution in [0.25, 0.3) is 0 Å². The largest absolute Gasteiger partial charge is 0.493 e. The SMILES string of the molecule is CCCCN(CCCN)C(=O)CN1C[C@H](c2cc(OC)c3c(c2)OCO3)[C@@H](C(=O)O)[C@@H]1CCN1CCC(CCC)C1=O. The monoisotopic (exact) mass is 588 g/mol. The molecule has 4 rings (SSSR count). The number of hydrogen-bond donors (Lipinski definition) is 2. The maximum Gasteiger partial charge on any atom is 0.308 e. The molecule has 42 heavy (non-hydrogen) atoms. The Kier molecular flexibility index (Phi) is 11.3. The van der Waals surface area contributed by atoms with E-state index in [1.54, 1.807) is 7.11 Å². The van der Waals surface area contributed by atoms with Crippen LogP contribution >= 0.6 is 0 Å². The van der Waals surface area contributed by atoms with Gasteiger partial charge in [0.1, 0.15) is 0 Å². The third-order valence-electron chi connectivity index (χ3n) is 8.99. The number of carbonyl (C=O) groups excluding carboxylic acids is 2. The summed E-state index contributed by atoms with van der Waals surface area (Å²) >= 11 is 0. The van der Waals surface area contributed by atoms with Gasteiger partial charge in [-0.05, 0) is 56.3 Å². The molecule has 2 fully saturated rings. The molecule has 11 nitrogen and oxygen atoms in total. The standard InChI is InChI=1S/C31H48N4O7/c1-4-6-12-33(13-7-11-32)27(36)19-35-18-23(22-16-25(40-3)29-26(17-22)41-20-42-29)28(31(38)39)24(35)10-15-34-14-9-21(8-5-2)30(34)37/h16-17,21,23-24,28H,4-15,18-20,32H2,1-3H3,(H,38,39)/t21?,23-,24+,28-/m1/s1. The third kappa shape index (κ3) is 7.11.